The molecule has 4 heterocycles. The summed E-state index contributed by atoms with van der Waals surface area (Å²) in [4.78, 5) is 35.7. The number of nitrogens with zero attached hydrogens (tertiary/aromatic N) is 5. The van der Waals surface area contributed by atoms with Crippen LogP contribution in [0.5, 0.6) is 0 Å². The first-order chi connectivity index (χ1) is 18.2. The average Bonchev–Trinajstić information content (AvgIpc) is 3.72. The molecule has 1 saturated heterocycles. The van der Waals surface area contributed by atoms with Gasteiger partial charge in [0, 0.05) is 56.3 Å². The van der Waals surface area contributed by atoms with E-state index in [0.29, 0.717) is 37.7 Å². The molecule has 192 valence electrons. The summed E-state index contributed by atoms with van der Waals surface area (Å²) >= 11 is 0. The molecular formula is C30H35N5O2. The number of amides is 2. The predicted molar refractivity (Wildman–Crippen MR) is 141 cm³/mol. The predicted octanol–water partition coefficient (Wildman–Crippen LogP) is 4.42. The largest absolute Gasteiger partial charge is 0.337 e. The molecule has 1 atom stereocenters. The Kier molecular flexibility index (Phi) is 6.77. The van der Waals surface area contributed by atoms with Gasteiger partial charge in [0.25, 0.3) is 5.91 Å². The summed E-state index contributed by atoms with van der Waals surface area (Å²) in [6.07, 6.45) is 11.0. The van der Waals surface area contributed by atoms with Crippen LogP contribution in [0.4, 0.5) is 0 Å². The van der Waals surface area contributed by atoms with Gasteiger partial charge in [-0.15, -0.1) is 0 Å². The molecule has 37 heavy (non-hydrogen) atoms. The van der Waals surface area contributed by atoms with Crippen LogP contribution in [0, 0.1) is 5.92 Å². The third kappa shape index (κ3) is 4.79. The van der Waals surface area contributed by atoms with Crippen LogP contribution in [-0.2, 0) is 24.3 Å². The first-order valence-electron chi connectivity index (χ1n) is 13.8. The van der Waals surface area contributed by atoms with Crippen LogP contribution < -0.4 is 0 Å². The van der Waals surface area contributed by atoms with Crippen LogP contribution in [0.3, 0.4) is 0 Å². The zero-order valence-corrected chi connectivity index (χ0v) is 21.4. The number of hydrogen-bond acceptors (Lipinski definition) is 4. The van der Waals surface area contributed by atoms with Gasteiger partial charge in [-0.2, -0.15) is 5.10 Å². The second-order valence-corrected chi connectivity index (χ2v) is 10.7. The van der Waals surface area contributed by atoms with Crippen molar-refractivity contribution >= 4 is 11.8 Å². The zero-order chi connectivity index (χ0) is 25.2. The van der Waals surface area contributed by atoms with E-state index in [1.807, 2.05) is 44.8 Å². The summed E-state index contributed by atoms with van der Waals surface area (Å²) in [5.41, 5.74) is 4.77. The molecule has 0 radical (unpaired) electrons. The smallest absolute Gasteiger partial charge is 0.274 e. The van der Waals surface area contributed by atoms with E-state index in [9.17, 15) is 9.59 Å². The minimum Gasteiger partial charge on any atom is -0.337 e. The second-order valence-electron chi connectivity index (χ2n) is 10.7. The van der Waals surface area contributed by atoms with Crippen molar-refractivity contribution in [3.63, 3.8) is 0 Å². The minimum absolute atomic E-state index is 0.00642. The Labute approximate surface area is 218 Å². The number of likely N-dealkylation sites (tertiary alicyclic amines) is 1. The lowest BCUT2D eigenvalue weighted by Crippen LogP contribution is -2.41. The number of rotatable bonds is 6. The maximum Gasteiger partial charge on any atom is 0.274 e. The van der Waals surface area contributed by atoms with E-state index in [2.05, 4.69) is 17.1 Å². The van der Waals surface area contributed by atoms with Crippen LogP contribution in [-0.4, -0.2) is 56.0 Å². The number of aromatic nitrogens is 3. The van der Waals surface area contributed by atoms with E-state index in [-0.39, 0.29) is 17.7 Å². The number of hydrogen-bond donors (Lipinski definition) is 0. The topological polar surface area (TPSA) is 71.3 Å². The van der Waals surface area contributed by atoms with Crippen molar-refractivity contribution in [3.8, 4) is 0 Å². The second kappa shape index (κ2) is 10.5. The molecular weight excluding hydrogens is 462 g/mol. The molecule has 0 spiro atoms. The number of carbonyl (C=O) groups is 2. The molecule has 3 aliphatic rings. The van der Waals surface area contributed by atoms with Crippen molar-refractivity contribution in [2.24, 2.45) is 5.92 Å². The molecule has 2 aromatic heterocycles. The lowest BCUT2D eigenvalue weighted by atomic mass is 9.83. The van der Waals surface area contributed by atoms with E-state index < -0.39 is 0 Å². The van der Waals surface area contributed by atoms with Gasteiger partial charge in [0.2, 0.25) is 5.91 Å². The van der Waals surface area contributed by atoms with E-state index in [1.54, 1.807) is 12.4 Å². The van der Waals surface area contributed by atoms with Gasteiger partial charge >= 0.3 is 0 Å². The number of fused-ring (bicyclic) bond motifs is 1. The number of benzene rings is 1. The Bertz CT molecular complexity index is 1240. The Morgan fingerprint density at radius 3 is 2.35 bits per heavy atom. The quantitative estimate of drug-likeness (QED) is 0.505. The third-order valence-electron chi connectivity index (χ3n) is 8.42. The monoisotopic (exact) mass is 497 g/mol. The summed E-state index contributed by atoms with van der Waals surface area (Å²) < 4.78 is 1.99. The van der Waals surface area contributed by atoms with Crippen molar-refractivity contribution in [1.29, 1.82) is 0 Å². The van der Waals surface area contributed by atoms with Crippen LogP contribution in [0.25, 0.3) is 0 Å². The summed E-state index contributed by atoms with van der Waals surface area (Å²) in [5, 5.41) is 4.87. The fourth-order valence-corrected chi connectivity index (χ4v) is 6.48. The molecule has 3 aromatic rings. The van der Waals surface area contributed by atoms with Crippen LogP contribution in [0.1, 0.15) is 77.3 Å². The normalized spacial score (nSPS) is 18.7. The van der Waals surface area contributed by atoms with Crippen molar-refractivity contribution in [1.82, 2.24) is 24.6 Å². The van der Waals surface area contributed by atoms with Gasteiger partial charge in [0.05, 0.1) is 12.5 Å². The summed E-state index contributed by atoms with van der Waals surface area (Å²) in [6.45, 7) is 3.27. The van der Waals surface area contributed by atoms with Crippen molar-refractivity contribution in [2.45, 2.75) is 64.0 Å². The van der Waals surface area contributed by atoms with Crippen LogP contribution >= 0.6 is 0 Å². The molecule has 0 N–H and O–H groups in total. The van der Waals surface area contributed by atoms with Gasteiger partial charge in [-0.3, -0.25) is 19.3 Å². The summed E-state index contributed by atoms with van der Waals surface area (Å²) in [7, 11) is 0. The maximum atomic E-state index is 14.1. The molecule has 0 unspecified atom stereocenters. The SMILES string of the molecule is O=C(c1nn(Cc2ccncc2)c2c1CN(C(=O)[C@H](c1ccccc1)C1CCCC1)CC2)N1CCCC1. The van der Waals surface area contributed by atoms with Gasteiger partial charge in [-0.1, -0.05) is 43.2 Å². The van der Waals surface area contributed by atoms with Crippen molar-refractivity contribution in [2.75, 3.05) is 19.6 Å². The highest BCUT2D eigenvalue weighted by Crippen LogP contribution is 2.39. The molecule has 0 bridgehead atoms. The fourth-order valence-electron chi connectivity index (χ4n) is 6.48. The van der Waals surface area contributed by atoms with Gasteiger partial charge in [-0.25, -0.2) is 0 Å². The van der Waals surface area contributed by atoms with Crippen molar-refractivity contribution in [3.05, 3.63) is 82.9 Å². The average molecular weight is 498 g/mol. The maximum absolute atomic E-state index is 14.1. The molecule has 2 fully saturated rings. The molecule has 6 rings (SSSR count). The van der Waals surface area contributed by atoms with Gasteiger partial charge < -0.3 is 9.80 Å². The molecule has 1 aliphatic carbocycles. The highest BCUT2D eigenvalue weighted by Gasteiger charge is 2.38. The first kappa shape index (κ1) is 23.9. The minimum atomic E-state index is -0.116. The Hall–Kier alpha value is -3.48. The van der Waals surface area contributed by atoms with Crippen molar-refractivity contribution < 1.29 is 9.59 Å². The molecule has 7 nitrogen and oxygen atoms in total. The molecule has 7 heteroatoms. The van der Waals surface area contributed by atoms with E-state index >= 15 is 0 Å². The van der Waals surface area contributed by atoms with Gasteiger partial charge in [0.15, 0.2) is 5.69 Å². The van der Waals surface area contributed by atoms with Crippen LogP contribution in [0.2, 0.25) is 0 Å². The molecule has 2 aliphatic heterocycles. The Balaban J connectivity index is 1.32. The summed E-state index contributed by atoms with van der Waals surface area (Å²) in [5.74, 6) is 0.475. The Morgan fingerprint density at radius 1 is 0.892 bits per heavy atom. The molecule has 1 aromatic carbocycles. The van der Waals surface area contributed by atoms with E-state index in [0.717, 1.165) is 61.2 Å². The van der Waals surface area contributed by atoms with Gasteiger partial charge in [0.1, 0.15) is 0 Å². The fraction of sp³-hybridized carbons (Fsp3) is 0.467. The lowest BCUT2D eigenvalue weighted by Gasteiger charge is -2.33. The van der Waals surface area contributed by atoms with E-state index in [1.165, 1.54) is 12.8 Å². The third-order valence-corrected chi connectivity index (χ3v) is 8.42. The van der Waals surface area contributed by atoms with Crippen LogP contribution in [0.15, 0.2) is 54.9 Å². The number of carbonyl (C=O) groups excluding carboxylic acids is 2. The highest BCUT2D eigenvalue weighted by atomic mass is 16.2. The van der Waals surface area contributed by atoms with E-state index in [4.69, 9.17) is 5.10 Å². The number of pyridine rings is 1. The molecule has 2 amide bonds. The lowest BCUT2D eigenvalue weighted by molar-refractivity contribution is -0.135. The zero-order valence-electron chi connectivity index (χ0n) is 21.4. The highest BCUT2D eigenvalue weighted by molar-refractivity contribution is 5.94. The standard InChI is InChI=1S/C30H35N5O2/c36-29(27(24-10-4-5-11-24)23-8-2-1-3-9-23)34-19-14-26-25(21-34)28(30(37)33-17-6-7-18-33)32-35(26)20-22-12-15-31-16-13-22/h1-3,8-9,12-13,15-16,24,27H,4-7,10-11,14,17-21H2/t27-/m1/s1. The summed E-state index contributed by atoms with van der Waals surface area (Å²) in [6, 6.07) is 14.3. The Morgan fingerprint density at radius 2 is 1.62 bits per heavy atom. The van der Waals surface area contributed by atoms with Gasteiger partial charge in [-0.05, 0) is 54.9 Å². The molecule has 1 saturated carbocycles. The first-order valence-corrected chi connectivity index (χ1v) is 13.8.